The van der Waals surface area contributed by atoms with Crippen LogP contribution in [0.1, 0.15) is 35.9 Å². The minimum absolute atomic E-state index is 0.0580. The van der Waals surface area contributed by atoms with Crippen molar-refractivity contribution in [2.75, 3.05) is 30.9 Å². The van der Waals surface area contributed by atoms with Gasteiger partial charge in [0.05, 0.1) is 12.1 Å². The Balaban J connectivity index is 1.90. The number of rotatable bonds is 9. The van der Waals surface area contributed by atoms with Crippen molar-refractivity contribution in [1.82, 2.24) is 25.0 Å². The number of hydrogen-bond acceptors (Lipinski definition) is 9. The molecule has 0 radical (unpaired) electrons. The molecule has 0 unspecified atom stereocenters. The minimum atomic E-state index is -0.731. The van der Waals surface area contributed by atoms with Crippen LogP contribution in [0.5, 0.6) is 0 Å². The van der Waals surface area contributed by atoms with Crippen molar-refractivity contribution in [1.29, 1.82) is 0 Å². The average molecular weight is 413 g/mol. The van der Waals surface area contributed by atoms with Crippen LogP contribution in [0.4, 0.5) is 17.5 Å². The van der Waals surface area contributed by atoms with Crippen molar-refractivity contribution in [3.8, 4) is 0 Å². The number of ether oxygens (including phenoxy) is 1. The van der Waals surface area contributed by atoms with Crippen molar-refractivity contribution in [2.24, 2.45) is 11.5 Å². The summed E-state index contributed by atoms with van der Waals surface area (Å²) < 4.78 is 6.92. The fourth-order valence-electron chi connectivity index (χ4n) is 2.95. The van der Waals surface area contributed by atoms with Crippen molar-refractivity contribution in [2.45, 2.75) is 32.9 Å². The number of anilines is 3. The van der Waals surface area contributed by atoms with Crippen LogP contribution >= 0.6 is 0 Å². The summed E-state index contributed by atoms with van der Waals surface area (Å²) in [5, 5.41) is 19.5. The maximum absolute atomic E-state index is 11.8. The fraction of sp³-hybridized carbons (Fsp3) is 0.421. The Labute approximate surface area is 174 Å². The number of nitrogens with zero attached hydrogens (tertiary/aromatic N) is 5. The van der Waals surface area contributed by atoms with E-state index in [0.29, 0.717) is 13.2 Å². The molecule has 0 bridgehead atoms. The number of aromatic nitrogens is 5. The van der Waals surface area contributed by atoms with Gasteiger partial charge in [-0.1, -0.05) is 0 Å². The number of amides is 1. The highest BCUT2D eigenvalue weighted by molar-refractivity contribution is 5.96. The number of aryl methyl sites for hydroxylation is 1. The van der Waals surface area contributed by atoms with Crippen molar-refractivity contribution < 1.29 is 9.53 Å². The van der Waals surface area contributed by atoms with Crippen LogP contribution in [-0.2, 0) is 4.74 Å². The molecule has 1 amide bonds. The first-order valence-corrected chi connectivity index (χ1v) is 9.58. The molecule has 1 atom stereocenters. The zero-order valence-corrected chi connectivity index (χ0v) is 17.5. The molecular weight excluding hydrogens is 386 g/mol. The average Bonchev–Trinajstić information content (AvgIpc) is 3.12. The van der Waals surface area contributed by atoms with Gasteiger partial charge in [-0.25, -0.2) is 0 Å². The van der Waals surface area contributed by atoms with E-state index in [1.54, 1.807) is 7.11 Å². The lowest BCUT2D eigenvalue weighted by Gasteiger charge is -2.13. The Morgan fingerprint density at radius 2 is 2.07 bits per heavy atom. The molecule has 2 aromatic heterocycles. The lowest BCUT2D eigenvalue weighted by Crippen LogP contribution is -2.34. The second-order valence-corrected chi connectivity index (χ2v) is 7.35. The molecule has 0 saturated heterocycles. The van der Waals surface area contributed by atoms with Gasteiger partial charge in [-0.3, -0.25) is 9.48 Å². The van der Waals surface area contributed by atoms with Gasteiger partial charge < -0.3 is 26.8 Å². The summed E-state index contributed by atoms with van der Waals surface area (Å²) >= 11 is 0. The van der Waals surface area contributed by atoms with E-state index >= 15 is 0 Å². The van der Waals surface area contributed by atoms with Gasteiger partial charge in [0.25, 0.3) is 5.91 Å². The lowest BCUT2D eigenvalue weighted by atomic mass is 10.1. The molecule has 6 N–H and O–H groups in total. The Kier molecular flexibility index (Phi) is 6.43. The van der Waals surface area contributed by atoms with E-state index in [0.717, 1.165) is 22.2 Å². The summed E-state index contributed by atoms with van der Waals surface area (Å²) in [6.45, 7) is 6.87. The van der Waals surface area contributed by atoms with Crippen LogP contribution in [-0.4, -0.2) is 57.2 Å². The molecule has 160 valence electrons. The highest BCUT2D eigenvalue weighted by atomic mass is 16.5. The minimum Gasteiger partial charge on any atom is -0.383 e. The van der Waals surface area contributed by atoms with Crippen molar-refractivity contribution in [3.63, 3.8) is 0 Å². The monoisotopic (exact) mass is 413 g/mol. The number of primary amides is 1. The Morgan fingerprint density at radius 1 is 1.30 bits per heavy atom. The van der Waals surface area contributed by atoms with Gasteiger partial charge in [0.15, 0.2) is 11.5 Å². The number of nitrogens with two attached hydrogens (primary N) is 2. The van der Waals surface area contributed by atoms with E-state index in [4.69, 9.17) is 16.2 Å². The second kappa shape index (κ2) is 9.01. The maximum Gasteiger partial charge on any atom is 0.273 e. The molecule has 0 saturated carbocycles. The number of carbonyl (C=O) groups excluding carboxylic acids is 1. The topological polar surface area (TPSA) is 159 Å². The summed E-state index contributed by atoms with van der Waals surface area (Å²) in [4.78, 5) is 16.2. The Bertz CT molecular complexity index is 1050. The van der Waals surface area contributed by atoms with Gasteiger partial charge in [0.1, 0.15) is 0 Å². The van der Waals surface area contributed by atoms with Crippen LogP contribution in [0, 0.1) is 6.92 Å². The van der Waals surface area contributed by atoms with Gasteiger partial charge in [0.2, 0.25) is 5.95 Å². The van der Waals surface area contributed by atoms with E-state index in [1.807, 2.05) is 29.9 Å². The molecule has 11 nitrogen and oxygen atoms in total. The van der Waals surface area contributed by atoms with Crippen LogP contribution in [0.15, 0.2) is 18.3 Å². The summed E-state index contributed by atoms with van der Waals surface area (Å²) in [5.41, 5.74) is 13.9. The highest BCUT2D eigenvalue weighted by Crippen LogP contribution is 2.26. The predicted octanol–water partition coefficient (Wildman–Crippen LogP) is 1.34. The molecule has 3 rings (SSSR count). The largest absolute Gasteiger partial charge is 0.383 e. The molecular formula is C19H27N9O2. The number of carbonyl (C=O) groups is 1. The molecule has 0 fully saturated rings. The molecule has 30 heavy (non-hydrogen) atoms. The van der Waals surface area contributed by atoms with Gasteiger partial charge in [-0.15, -0.1) is 10.2 Å². The molecule has 0 spiro atoms. The third kappa shape index (κ3) is 4.81. The van der Waals surface area contributed by atoms with Crippen LogP contribution < -0.4 is 22.1 Å². The van der Waals surface area contributed by atoms with Crippen molar-refractivity contribution in [3.05, 3.63) is 29.6 Å². The van der Waals surface area contributed by atoms with E-state index in [2.05, 4.69) is 44.8 Å². The number of nitrogens with one attached hydrogen (secondary N) is 2. The fourth-order valence-corrected chi connectivity index (χ4v) is 2.95. The first-order valence-electron chi connectivity index (χ1n) is 9.58. The molecule has 3 aromatic rings. The standard InChI is InChI=1S/C19H27N9O2/c1-10(2)28-8-12-6-14(5-11(3)15(12)27-28)23-18-16(17(21)29)25-26-19(24-18)22-7-13(20)9-30-4/h5-6,8,10,13H,7,9,20H2,1-4H3,(H2,21,29)(H2,22,23,24,26)/t13-/m1/s1. The van der Waals surface area contributed by atoms with Crippen LogP contribution in [0.25, 0.3) is 10.9 Å². The smallest absolute Gasteiger partial charge is 0.273 e. The third-order valence-corrected chi connectivity index (χ3v) is 4.43. The Morgan fingerprint density at radius 3 is 2.73 bits per heavy atom. The van der Waals surface area contributed by atoms with E-state index in [-0.39, 0.29) is 29.5 Å². The van der Waals surface area contributed by atoms with Gasteiger partial charge >= 0.3 is 0 Å². The highest BCUT2D eigenvalue weighted by Gasteiger charge is 2.16. The van der Waals surface area contributed by atoms with Crippen LogP contribution in [0.3, 0.4) is 0 Å². The van der Waals surface area contributed by atoms with E-state index in [9.17, 15) is 4.79 Å². The third-order valence-electron chi connectivity index (χ3n) is 4.43. The normalized spacial score (nSPS) is 12.3. The number of hydrogen-bond donors (Lipinski definition) is 4. The molecule has 2 heterocycles. The van der Waals surface area contributed by atoms with Gasteiger partial charge in [0, 0.05) is 43.0 Å². The summed E-state index contributed by atoms with van der Waals surface area (Å²) in [7, 11) is 1.57. The number of fused-ring (bicyclic) bond motifs is 1. The SMILES string of the molecule is COC[C@H](N)CNc1nnc(C(N)=O)c(Nc2cc(C)c3nn(C(C)C)cc3c2)n1. The van der Waals surface area contributed by atoms with Crippen molar-refractivity contribution >= 4 is 34.3 Å². The molecule has 1 aromatic carbocycles. The quantitative estimate of drug-likeness (QED) is 0.406. The second-order valence-electron chi connectivity index (χ2n) is 7.35. The molecule has 0 aliphatic heterocycles. The molecule has 0 aliphatic rings. The van der Waals surface area contributed by atoms with E-state index < -0.39 is 5.91 Å². The maximum atomic E-state index is 11.8. The predicted molar refractivity (Wildman–Crippen MR) is 115 cm³/mol. The van der Waals surface area contributed by atoms with Gasteiger partial charge in [-0.05, 0) is 38.5 Å². The zero-order valence-electron chi connectivity index (χ0n) is 17.5. The summed E-state index contributed by atoms with van der Waals surface area (Å²) in [6.07, 6.45) is 1.98. The number of methoxy groups -OCH3 is 1. The Hall–Kier alpha value is -3.31. The van der Waals surface area contributed by atoms with Gasteiger partial charge in [-0.2, -0.15) is 10.1 Å². The molecule has 11 heteroatoms. The first-order chi connectivity index (χ1) is 14.3. The lowest BCUT2D eigenvalue weighted by molar-refractivity contribution is 0.0995. The summed E-state index contributed by atoms with van der Waals surface area (Å²) in [5.74, 6) is -0.305. The summed E-state index contributed by atoms with van der Waals surface area (Å²) in [6, 6.07) is 3.87. The molecule has 0 aliphatic carbocycles. The number of benzene rings is 1. The first kappa shape index (κ1) is 21.4. The van der Waals surface area contributed by atoms with Crippen LogP contribution in [0.2, 0.25) is 0 Å². The van der Waals surface area contributed by atoms with E-state index in [1.165, 1.54) is 0 Å². The zero-order chi connectivity index (χ0) is 21.8.